The van der Waals surface area contributed by atoms with E-state index in [9.17, 15) is 0 Å². The van der Waals surface area contributed by atoms with Gasteiger partial charge >= 0.3 is 0 Å². The lowest BCUT2D eigenvalue weighted by Gasteiger charge is -1.98. The molecule has 0 fully saturated rings. The van der Waals surface area contributed by atoms with E-state index in [1.807, 2.05) is 24.3 Å². The second kappa shape index (κ2) is 2.95. The molecule has 0 amide bonds. The number of aromatic nitrogens is 2. The Morgan fingerprint density at radius 3 is 2.83 bits per heavy atom. The van der Waals surface area contributed by atoms with Crippen molar-refractivity contribution in [1.29, 1.82) is 0 Å². The summed E-state index contributed by atoms with van der Waals surface area (Å²) in [6.07, 6.45) is 1.42. The highest BCUT2D eigenvalue weighted by molar-refractivity contribution is 6.09. The number of hydrogen-bond acceptors (Lipinski definition) is 3. The normalized spacial score (nSPS) is 10.1. The molecule has 4 heteroatoms. The van der Waals surface area contributed by atoms with Crippen LogP contribution in [0.15, 0.2) is 30.6 Å². The third kappa shape index (κ3) is 1.08. The molecule has 12 heavy (non-hydrogen) atoms. The van der Waals surface area contributed by atoms with Gasteiger partial charge in [-0.3, -0.25) is 0 Å². The molecule has 0 aliphatic carbocycles. The second-order valence-corrected chi connectivity index (χ2v) is 2.43. The van der Waals surface area contributed by atoms with Crippen LogP contribution in [0.4, 0.5) is 0 Å². The van der Waals surface area contributed by atoms with Gasteiger partial charge in [0, 0.05) is 0 Å². The molecule has 0 unspecified atom stereocenters. The minimum atomic E-state index is 0.391. The van der Waals surface area contributed by atoms with Crippen molar-refractivity contribution in [2.75, 3.05) is 0 Å². The number of fused-ring (bicyclic) bond motifs is 1. The van der Waals surface area contributed by atoms with Crippen molar-refractivity contribution in [2.24, 2.45) is 0 Å². The Hall–Kier alpha value is -1.35. The Labute approximate surface area is 74.1 Å². The Morgan fingerprint density at radius 1 is 1.17 bits per heavy atom. The van der Waals surface area contributed by atoms with Crippen molar-refractivity contribution in [3.8, 4) is 5.88 Å². The van der Waals surface area contributed by atoms with E-state index in [0.717, 1.165) is 10.9 Å². The average Bonchev–Trinajstić information content (AvgIpc) is 2.17. The molecule has 2 aromatic rings. The van der Waals surface area contributed by atoms with Gasteiger partial charge in [-0.25, -0.2) is 4.98 Å². The maximum atomic E-state index is 5.22. The van der Waals surface area contributed by atoms with Crippen LogP contribution in [0.1, 0.15) is 0 Å². The zero-order valence-electron chi connectivity index (χ0n) is 6.07. The second-order valence-electron chi connectivity index (χ2n) is 2.27. The highest BCUT2D eigenvalue weighted by Gasteiger charge is 2.01. The molecule has 0 atom stereocenters. The third-order valence-corrected chi connectivity index (χ3v) is 1.73. The van der Waals surface area contributed by atoms with Gasteiger partial charge in [-0.2, -0.15) is 4.98 Å². The first kappa shape index (κ1) is 7.31. The van der Waals surface area contributed by atoms with Crippen LogP contribution in [-0.4, -0.2) is 9.97 Å². The first-order valence-corrected chi connectivity index (χ1v) is 3.71. The molecule has 2 rings (SSSR count). The molecular formula is C8H5ClN2O. The summed E-state index contributed by atoms with van der Waals surface area (Å²) >= 11 is 5.22. The predicted molar refractivity (Wildman–Crippen MR) is 46.0 cm³/mol. The summed E-state index contributed by atoms with van der Waals surface area (Å²) in [5.41, 5.74) is 0.822. The maximum absolute atomic E-state index is 5.22. The van der Waals surface area contributed by atoms with Crippen molar-refractivity contribution in [3.63, 3.8) is 0 Å². The summed E-state index contributed by atoms with van der Waals surface area (Å²) in [7, 11) is 0. The Kier molecular flexibility index (Phi) is 1.80. The number of halogens is 1. The topological polar surface area (TPSA) is 35.0 Å². The highest BCUT2D eigenvalue weighted by atomic mass is 35.5. The predicted octanol–water partition coefficient (Wildman–Crippen LogP) is 2.16. The van der Waals surface area contributed by atoms with Crippen LogP contribution in [0.25, 0.3) is 10.9 Å². The number of rotatable bonds is 1. The summed E-state index contributed by atoms with van der Waals surface area (Å²) in [5, 5.41) is 0.815. The summed E-state index contributed by atoms with van der Waals surface area (Å²) in [6, 6.07) is 7.50. The molecule has 0 aliphatic heterocycles. The number of nitrogens with zero attached hydrogens (tertiary/aromatic N) is 2. The highest BCUT2D eigenvalue weighted by Crippen LogP contribution is 2.20. The monoisotopic (exact) mass is 180 g/mol. The smallest absolute Gasteiger partial charge is 0.247 e. The molecule has 3 nitrogen and oxygen atoms in total. The quantitative estimate of drug-likeness (QED) is 0.675. The fourth-order valence-electron chi connectivity index (χ4n) is 1.04. The molecule has 0 aliphatic rings. The molecule has 1 aromatic heterocycles. The van der Waals surface area contributed by atoms with E-state index < -0.39 is 0 Å². The summed E-state index contributed by atoms with van der Waals surface area (Å²) < 4.78 is 4.55. The van der Waals surface area contributed by atoms with Crippen molar-refractivity contribution in [3.05, 3.63) is 30.6 Å². The molecule has 0 N–H and O–H groups in total. The number of hydrogen-bond donors (Lipinski definition) is 0. The summed E-state index contributed by atoms with van der Waals surface area (Å²) in [5.74, 6) is 0.391. The Bertz CT molecular complexity index is 400. The van der Waals surface area contributed by atoms with Crippen LogP contribution in [0.2, 0.25) is 0 Å². The average molecular weight is 181 g/mol. The minimum absolute atomic E-state index is 0.391. The van der Waals surface area contributed by atoms with Gasteiger partial charge in [-0.1, -0.05) is 12.1 Å². The van der Waals surface area contributed by atoms with Crippen LogP contribution >= 0.6 is 11.9 Å². The molecule has 1 aromatic carbocycles. The van der Waals surface area contributed by atoms with Gasteiger partial charge in [-0.05, 0) is 12.1 Å². The lowest BCUT2D eigenvalue weighted by atomic mass is 10.2. The van der Waals surface area contributed by atoms with Gasteiger partial charge in [0.2, 0.25) is 5.88 Å². The Morgan fingerprint density at radius 2 is 2.00 bits per heavy atom. The van der Waals surface area contributed by atoms with Crippen molar-refractivity contribution >= 4 is 22.8 Å². The molecule has 0 bridgehead atoms. The lowest BCUT2D eigenvalue weighted by Crippen LogP contribution is -1.85. The SMILES string of the molecule is ClOc1ncnc2ccccc12. The van der Waals surface area contributed by atoms with Gasteiger partial charge in [0.05, 0.1) is 10.9 Å². The zero-order valence-corrected chi connectivity index (χ0v) is 6.82. The fraction of sp³-hybridized carbons (Fsp3) is 0. The van der Waals surface area contributed by atoms with E-state index in [1.165, 1.54) is 6.33 Å². The van der Waals surface area contributed by atoms with Gasteiger partial charge < -0.3 is 4.29 Å². The van der Waals surface area contributed by atoms with Crippen LogP contribution in [0.5, 0.6) is 5.88 Å². The van der Waals surface area contributed by atoms with Crippen LogP contribution in [-0.2, 0) is 0 Å². The summed E-state index contributed by atoms with van der Waals surface area (Å²) in [4.78, 5) is 7.90. The lowest BCUT2D eigenvalue weighted by molar-refractivity contribution is 0.597. The van der Waals surface area contributed by atoms with Gasteiger partial charge in [-0.15, -0.1) is 0 Å². The van der Waals surface area contributed by atoms with Crippen LogP contribution in [0.3, 0.4) is 0 Å². The Balaban J connectivity index is 2.79. The van der Waals surface area contributed by atoms with Crippen molar-refractivity contribution in [1.82, 2.24) is 9.97 Å². The van der Waals surface area contributed by atoms with E-state index in [1.54, 1.807) is 0 Å². The van der Waals surface area contributed by atoms with Crippen molar-refractivity contribution < 1.29 is 4.29 Å². The minimum Gasteiger partial charge on any atom is -0.364 e. The zero-order chi connectivity index (χ0) is 8.39. The molecule has 0 spiro atoms. The van der Waals surface area contributed by atoms with Gasteiger partial charge in [0.25, 0.3) is 0 Å². The molecule has 0 saturated heterocycles. The fourth-order valence-corrected chi connectivity index (χ4v) is 1.16. The van der Waals surface area contributed by atoms with Gasteiger partial charge in [0.1, 0.15) is 18.2 Å². The van der Waals surface area contributed by atoms with Crippen LogP contribution in [0, 0.1) is 0 Å². The van der Waals surface area contributed by atoms with Crippen LogP contribution < -0.4 is 4.29 Å². The molecule has 60 valence electrons. The number of para-hydroxylation sites is 1. The molecule has 0 saturated carbocycles. The molecule has 1 heterocycles. The van der Waals surface area contributed by atoms with E-state index in [4.69, 9.17) is 11.9 Å². The summed E-state index contributed by atoms with van der Waals surface area (Å²) in [6.45, 7) is 0. The van der Waals surface area contributed by atoms with E-state index >= 15 is 0 Å². The third-order valence-electron chi connectivity index (χ3n) is 1.58. The first-order valence-electron chi connectivity index (χ1n) is 3.40. The number of benzene rings is 1. The van der Waals surface area contributed by atoms with Crippen molar-refractivity contribution in [2.45, 2.75) is 0 Å². The largest absolute Gasteiger partial charge is 0.364 e. The maximum Gasteiger partial charge on any atom is 0.247 e. The molecular weight excluding hydrogens is 176 g/mol. The van der Waals surface area contributed by atoms with E-state index in [2.05, 4.69) is 14.3 Å². The van der Waals surface area contributed by atoms with E-state index in [0.29, 0.717) is 5.88 Å². The molecule has 0 radical (unpaired) electrons. The standard InChI is InChI=1S/C8H5ClN2O/c9-12-8-6-3-1-2-4-7(6)10-5-11-8/h1-5H. The van der Waals surface area contributed by atoms with Gasteiger partial charge in [0.15, 0.2) is 0 Å². The first-order chi connectivity index (χ1) is 5.92. The van der Waals surface area contributed by atoms with E-state index in [-0.39, 0.29) is 0 Å².